The molecule has 1 aromatic heterocycles. The van der Waals surface area contributed by atoms with Crippen molar-refractivity contribution in [3.63, 3.8) is 0 Å². The van der Waals surface area contributed by atoms with Crippen LogP contribution in [0.3, 0.4) is 0 Å². The van der Waals surface area contributed by atoms with E-state index in [1.807, 2.05) is 30.3 Å². The maximum Gasteiger partial charge on any atom is 0.197 e. The van der Waals surface area contributed by atoms with Crippen molar-refractivity contribution in [2.24, 2.45) is 0 Å². The standard InChI is InChI=1S/C15H15BrN2O/c16-15-17-10-9-14(18-15)11-5-7-13(8-6-11)19-12-3-1-2-4-12/h5-10,12H,1-4H2. The predicted octanol–water partition coefficient (Wildman–Crippen LogP) is 4.23. The molecule has 1 aliphatic rings. The summed E-state index contributed by atoms with van der Waals surface area (Å²) in [7, 11) is 0. The van der Waals surface area contributed by atoms with Crippen molar-refractivity contribution in [3.8, 4) is 17.0 Å². The van der Waals surface area contributed by atoms with E-state index in [-0.39, 0.29) is 0 Å². The van der Waals surface area contributed by atoms with Crippen molar-refractivity contribution < 1.29 is 4.74 Å². The van der Waals surface area contributed by atoms with E-state index < -0.39 is 0 Å². The van der Waals surface area contributed by atoms with E-state index >= 15 is 0 Å². The average Bonchev–Trinajstić information content (AvgIpc) is 2.92. The highest BCUT2D eigenvalue weighted by atomic mass is 79.9. The van der Waals surface area contributed by atoms with Crippen molar-refractivity contribution in [1.82, 2.24) is 9.97 Å². The molecule has 1 aliphatic carbocycles. The lowest BCUT2D eigenvalue weighted by molar-refractivity contribution is 0.210. The van der Waals surface area contributed by atoms with Gasteiger partial charge in [-0.3, -0.25) is 0 Å². The third-order valence-electron chi connectivity index (χ3n) is 3.38. The molecule has 0 unspecified atom stereocenters. The Hall–Kier alpha value is -1.42. The molecule has 98 valence electrons. The highest BCUT2D eigenvalue weighted by molar-refractivity contribution is 9.10. The van der Waals surface area contributed by atoms with Crippen LogP contribution >= 0.6 is 15.9 Å². The van der Waals surface area contributed by atoms with Crippen LogP contribution in [0.4, 0.5) is 0 Å². The van der Waals surface area contributed by atoms with Gasteiger partial charge in [-0.25, -0.2) is 9.97 Å². The molecular formula is C15H15BrN2O. The molecule has 2 aromatic rings. The minimum absolute atomic E-state index is 0.402. The van der Waals surface area contributed by atoms with E-state index in [1.54, 1.807) is 6.20 Å². The van der Waals surface area contributed by atoms with E-state index in [0.29, 0.717) is 10.8 Å². The second-order valence-electron chi connectivity index (χ2n) is 4.76. The molecular weight excluding hydrogens is 304 g/mol. The Morgan fingerprint density at radius 2 is 1.79 bits per heavy atom. The Morgan fingerprint density at radius 3 is 2.47 bits per heavy atom. The first-order valence-electron chi connectivity index (χ1n) is 6.57. The lowest BCUT2D eigenvalue weighted by Gasteiger charge is -2.13. The summed E-state index contributed by atoms with van der Waals surface area (Å²) in [5.41, 5.74) is 1.98. The van der Waals surface area contributed by atoms with Gasteiger partial charge in [0.15, 0.2) is 4.73 Å². The molecule has 0 saturated heterocycles. The summed E-state index contributed by atoms with van der Waals surface area (Å²) in [5, 5.41) is 0. The van der Waals surface area contributed by atoms with Gasteiger partial charge in [0.25, 0.3) is 0 Å². The number of rotatable bonds is 3. The van der Waals surface area contributed by atoms with Crippen LogP contribution in [0.2, 0.25) is 0 Å². The normalized spacial score (nSPS) is 15.6. The Kier molecular flexibility index (Phi) is 3.78. The van der Waals surface area contributed by atoms with E-state index in [0.717, 1.165) is 17.0 Å². The van der Waals surface area contributed by atoms with Crippen molar-refractivity contribution in [2.75, 3.05) is 0 Å². The summed E-state index contributed by atoms with van der Waals surface area (Å²) < 4.78 is 6.56. The largest absolute Gasteiger partial charge is 0.490 e. The zero-order chi connectivity index (χ0) is 13.1. The molecule has 1 aromatic carbocycles. The summed E-state index contributed by atoms with van der Waals surface area (Å²) in [6, 6.07) is 10.0. The van der Waals surface area contributed by atoms with Crippen LogP contribution in [0.5, 0.6) is 5.75 Å². The monoisotopic (exact) mass is 318 g/mol. The fourth-order valence-corrected chi connectivity index (χ4v) is 2.71. The summed E-state index contributed by atoms with van der Waals surface area (Å²) in [5.74, 6) is 0.948. The van der Waals surface area contributed by atoms with Crippen LogP contribution < -0.4 is 4.74 Å². The molecule has 4 heteroatoms. The fourth-order valence-electron chi connectivity index (χ4n) is 2.40. The molecule has 1 heterocycles. The van der Waals surface area contributed by atoms with E-state index in [1.165, 1.54) is 25.7 Å². The summed E-state index contributed by atoms with van der Waals surface area (Å²) in [4.78, 5) is 8.37. The van der Waals surface area contributed by atoms with Gasteiger partial charge in [0.05, 0.1) is 11.8 Å². The van der Waals surface area contributed by atoms with Crippen molar-refractivity contribution in [3.05, 3.63) is 41.3 Å². The minimum Gasteiger partial charge on any atom is -0.490 e. The molecule has 0 N–H and O–H groups in total. The summed E-state index contributed by atoms with van der Waals surface area (Å²) in [6.07, 6.45) is 7.09. The average molecular weight is 319 g/mol. The van der Waals surface area contributed by atoms with Crippen molar-refractivity contribution in [1.29, 1.82) is 0 Å². The van der Waals surface area contributed by atoms with Crippen LogP contribution in [0.15, 0.2) is 41.3 Å². The topological polar surface area (TPSA) is 35.0 Å². The SMILES string of the molecule is Brc1nccc(-c2ccc(OC3CCCC3)cc2)n1. The van der Waals surface area contributed by atoms with E-state index in [4.69, 9.17) is 4.74 Å². The lowest BCUT2D eigenvalue weighted by Crippen LogP contribution is -2.10. The zero-order valence-corrected chi connectivity index (χ0v) is 12.1. The number of hydrogen-bond donors (Lipinski definition) is 0. The molecule has 1 saturated carbocycles. The predicted molar refractivity (Wildman–Crippen MR) is 78.1 cm³/mol. The maximum atomic E-state index is 5.95. The first-order valence-corrected chi connectivity index (χ1v) is 7.36. The zero-order valence-electron chi connectivity index (χ0n) is 10.6. The van der Waals surface area contributed by atoms with Gasteiger partial charge in [0.2, 0.25) is 0 Å². The number of benzene rings is 1. The Labute approximate surface area is 121 Å². The Morgan fingerprint density at radius 1 is 1.05 bits per heavy atom. The highest BCUT2D eigenvalue weighted by Crippen LogP contribution is 2.26. The molecule has 0 amide bonds. The first-order chi connectivity index (χ1) is 9.31. The molecule has 0 atom stereocenters. The van der Waals surface area contributed by atoms with Gasteiger partial charge in [0.1, 0.15) is 5.75 Å². The van der Waals surface area contributed by atoms with Gasteiger partial charge < -0.3 is 4.74 Å². The molecule has 3 nitrogen and oxygen atoms in total. The van der Waals surface area contributed by atoms with Gasteiger partial charge in [-0.05, 0) is 71.9 Å². The van der Waals surface area contributed by atoms with Crippen LogP contribution in [0.1, 0.15) is 25.7 Å². The quantitative estimate of drug-likeness (QED) is 0.794. The lowest BCUT2D eigenvalue weighted by atomic mass is 10.1. The number of hydrogen-bond acceptors (Lipinski definition) is 3. The van der Waals surface area contributed by atoms with Gasteiger partial charge >= 0.3 is 0 Å². The van der Waals surface area contributed by atoms with Crippen molar-refractivity contribution in [2.45, 2.75) is 31.8 Å². The van der Waals surface area contributed by atoms with Gasteiger partial charge in [-0.1, -0.05) is 0 Å². The van der Waals surface area contributed by atoms with Gasteiger partial charge in [-0.15, -0.1) is 0 Å². The third-order valence-corrected chi connectivity index (χ3v) is 3.76. The second-order valence-corrected chi connectivity index (χ2v) is 5.47. The second kappa shape index (κ2) is 5.70. The Balaban J connectivity index is 1.74. The molecule has 3 rings (SSSR count). The minimum atomic E-state index is 0.402. The molecule has 0 bridgehead atoms. The van der Waals surface area contributed by atoms with Gasteiger partial charge in [-0.2, -0.15) is 0 Å². The maximum absolute atomic E-state index is 5.95. The summed E-state index contributed by atoms with van der Waals surface area (Å²) in [6.45, 7) is 0. The molecule has 1 fully saturated rings. The van der Waals surface area contributed by atoms with E-state index in [2.05, 4.69) is 25.9 Å². The van der Waals surface area contributed by atoms with Gasteiger partial charge in [0, 0.05) is 11.8 Å². The third kappa shape index (κ3) is 3.13. The molecule has 0 spiro atoms. The molecule has 0 radical (unpaired) electrons. The van der Waals surface area contributed by atoms with E-state index in [9.17, 15) is 0 Å². The van der Waals surface area contributed by atoms with Crippen LogP contribution in [-0.4, -0.2) is 16.1 Å². The summed E-state index contributed by atoms with van der Waals surface area (Å²) >= 11 is 3.29. The highest BCUT2D eigenvalue weighted by Gasteiger charge is 2.16. The number of halogens is 1. The molecule has 0 aliphatic heterocycles. The number of ether oxygens (including phenoxy) is 1. The molecule has 19 heavy (non-hydrogen) atoms. The number of aromatic nitrogens is 2. The van der Waals surface area contributed by atoms with Crippen LogP contribution in [0.25, 0.3) is 11.3 Å². The smallest absolute Gasteiger partial charge is 0.197 e. The first kappa shape index (κ1) is 12.6. The van der Waals surface area contributed by atoms with Crippen molar-refractivity contribution >= 4 is 15.9 Å². The fraction of sp³-hybridized carbons (Fsp3) is 0.333. The Bertz CT molecular complexity index is 550. The van der Waals surface area contributed by atoms with Crippen LogP contribution in [0, 0.1) is 0 Å². The number of nitrogens with zero attached hydrogens (tertiary/aromatic N) is 2. The van der Waals surface area contributed by atoms with Crippen LogP contribution in [-0.2, 0) is 0 Å².